The highest BCUT2D eigenvalue weighted by atomic mass is 32.1. The lowest BCUT2D eigenvalue weighted by molar-refractivity contribution is -0.120. The maximum absolute atomic E-state index is 12.3. The van der Waals surface area contributed by atoms with E-state index in [4.69, 9.17) is 9.47 Å². The molecule has 1 N–H and O–H groups in total. The Balaban J connectivity index is 1.21. The van der Waals surface area contributed by atoms with Gasteiger partial charge in [0, 0.05) is 29.1 Å². The first-order chi connectivity index (χ1) is 15.7. The van der Waals surface area contributed by atoms with Crippen molar-refractivity contribution in [1.82, 2.24) is 15.3 Å². The molecule has 164 valence electrons. The van der Waals surface area contributed by atoms with Crippen LogP contribution < -0.4 is 14.8 Å². The van der Waals surface area contributed by atoms with Crippen LogP contribution in [0.5, 0.6) is 11.5 Å². The zero-order valence-corrected chi connectivity index (χ0v) is 18.7. The molecule has 0 saturated heterocycles. The van der Waals surface area contributed by atoms with Crippen LogP contribution in [0.2, 0.25) is 0 Å². The Bertz CT molecular complexity index is 1170. The number of ether oxygens (including phenoxy) is 2. The van der Waals surface area contributed by atoms with Crippen molar-refractivity contribution in [2.24, 2.45) is 0 Å². The topological polar surface area (TPSA) is 73.3 Å². The fourth-order valence-corrected chi connectivity index (χ4v) is 4.11. The summed E-state index contributed by atoms with van der Waals surface area (Å²) in [4.78, 5) is 21.2. The Kier molecular flexibility index (Phi) is 7.30. The molecule has 6 nitrogen and oxygen atoms in total. The van der Waals surface area contributed by atoms with E-state index in [1.165, 1.54) is 11.3 Å². The summed E-state index contributed by atoms with van der Waals surface area (Å²) in [5.41, 5.74) is 2.64. The average molecular weight is 448 g/mol. The van der Waals surface area contributed by atoms with Crippen molar-refractivity contribution in [3.05, 3.63) is 71.9 Å². The van der Waals surface area contributed by atoms with Gasteiger partial charge in [-0.1, -0.05) is 18.2 Å². The fraction of sp³-hybridized carbons (Fsp3) is 0.240. The van der Waals surface area contributed by atoms with E-state index >= 15 is 0 Å². The minimum Gasteiger partial charge on any atom is -0.494 e. The van der Waals surface area contributed by atoms with Gasteiger partial charge in [0.2, 0.25) is 5.91 Å². The van der Waals surface area contributed by atoms with Gasteiger partial charge in [-0.3, -0.25) is 9.78 Å². The summed E-state index contributed by atoms with van der Waals surface area (Å²) < 4.78 is 11.3. The van der Waals surface area contributed by atoms with E-state index in [9.17, 15) is 4.79 Å². The largest absolute Gasteiger partial charge is 0.494 e. The van der Waals surface area contributed by atoms with Crippen LogP contribution >= 0.6 is 11.3 Å². The van der Waals surface area contributed by atoms with Crippen LogP contribution in [0.1, 0.15) is 19.0 Å². The second-order valence-electron chi connectivity index (χ2n) is 7.16. The van der Waals surface area contributed by atoms with Gasteiger partial charge in [-0.2, -0.15) is 0 Å². The number of amides is 1. The van der Waals surface area contributed by atoms with Crippen LogP contribution in [0.25, 0.3) is 21.5 Å². The number of thiazole rings is 1. The molecule has 4 aromatic rings. The Morgan fingerprint density at radius 3 is 2.75 bits per heavy atom. The minimum atomic E-state index is -0.0413. The predicted molar refractivity (Wildman–Crippen MR) is 127 cm³/mol. The molecule has 7 heteroatoms. The molecule has 0 unspecified atom stereocenters. The van der Waals surface area contributed by atoms with E-state index in [0.29, 0.717) is 26.2 Å². The number of carbonyl (C=O) groups excluding carboxylic acids is 1. The van der Waals surface area contributed by atoms with E-state index in [0.717, 1.165) is 38.7 Å². The number of pyridine rings is 1. The van der Waals surface area contributed by atoms with Crippen LogP contribution in [0.4, 0.5) is 0 Å². The molecule has 2 aromatic carbocycles. The van der Waals surface area contributed by atoms with Crippen molar-refractivity contribution < 1.29 is 14.3 Å². The number of fused-ring (bicyclic) bond motifs is 1. The van der Waals surface area contributed by atoms with Gasteiger partial charge < -0.3 is 14.8 Å². The second kappa shape index (κ2) is 10.7. The summed E-state index contributed by atoms with van der Waals surface area (Å²) >= 11 is 1.54. The van der Waals surface area contributed by atoms with Crippen LogP contribution in [0.3, 0.4) is 0 Å². The SMILES string of the molecule is CCOc1ccc(-c2nc(CC(=O)NCCCOc3cccc4cccnc34)cs2)cc1. The first-order valence-corrected chi connectivity index (χ1v) is 11.5. The third-order valence-corrected chi connectivity index (χ3v) is 5.74. The average Bonchev–Trinajstić information content (AvgIpc) is 3.28. The number of rotatable bonds is 10. The molecule has 2 aromatic heterocycles. The lowest BCUT2D eigenvalue weighted by Gasteiger charge is -2.09. The lowest BCUT2D eigenvalue weighted by Crippen LogP contribution is -2.27. The molecular formula is C25H25N3O3S. The fourth-order valence-electron chi connectivity index (χ4n) is 3.28. The molecular weight excluding hydrogens is 422 g/mol. The molecule has 0 bridgehead atoms. The number of carbonyl (C=O) groups is 1. The number of nitrogens with zero attached hydrogens (tertiary/aromatic N) is 2. The molecule has 0 fully saturated rings. The van der Waals surface area contributed by atoms with E-state index in [1.807, 2.05) is 66.9 Å². The smallest absolute Gasteiger partial charge is 0.226 e. The normalized spacial score (nSPS) is 10.8. The Hall–Kier alpha value is -3.45. The predicted octanol–water partition coefficient (Wildman–Crippen LogP) is 4.88. The lowest BCUT2D eigenvalue weighted by atomic mass is 10.2. The molecule has 1 amide bonds. The van der Waals surface area contributed by atoms with Gasteiger partial charge in [0.1, 0.15) is 22.0 Å². The second-order valence-corrected chi connectivity index (χ2v) is 8.02. The summed E-state index contributed by atoms with van der Waals surface area (Å²) in [5, 5.41) is 6.81. The molecule has 0 radical (unpaired) electrons. The van der Waals surface area contributed by atoms with E-state index in [2.05, 4.69) is 15.3 Å². The summed E-state index contributed by atoms with van der Waals surface area (Å²) in [7, 11) is 0. The summed E-state index contributed by atoms with van der Waals surface area (Å²) in [6.07, 6.45) is 2.74. The molecule has 0 atom stereocenters. The zero-order chi connectivity index (χ0) is 22.2. The third kappa shape index (κ3) is 5.62. The van der Waals surface area contributed by atoms with Gasteiger partial charge in [0.15, 0.2) is 0 Å². The van der Waals surface area contributed by atoms with Gasteiger partial charge >= 0.3 is 0 Å². The van der Waals surface area contributed by atoms with Gasteiger partial charge in [-0.25, -0.2) is 4.98 Å². The molecule has 0 aliphatic heterocycles. The van der Waals surface area contributed by atoms with Gasteiger partial charge in [0.05, 0.1) is 25.3 Å². The van der Waals surface area contributed by atoms with Crippen LogP contribution in [0, 0.1) is 0 Å². The number of nitrogens with one attached hydrogen (secondary N) is 1. The Labute approximate surface area is 191 Å². The highest BCUT2D eigenvalue weighted by Crippen LogP contribution is 2.26. The molecule has 4 rings (SSSR count). The summed E-state index contributed by atoms with van der Waals surface area (Å²) in [5.74, 6) is 1.56. The molecule has 32 heavy (non-hydrogen) atoms. The third-order valence-electron chi connectivity index (χ3n) is 4.80. The van der Waals surface area contributed by atoms with Crippen LogP contribution in [-0.2, 0) is 11.2 Å². The summed E-state index contributed by atoms with van der Waals surface area (Å²) in [6.45, 7) is 3.66. The van der Waals surface area contributed by atoms with Crippen molar-refractivity contribution in [3.8, 4) is 22.1 Å². The highest BCUT2D eigenvalue weighted by molar-refractivity contribution is 7.13. The first kappa shape index (κ1) is 21.8. The number of para-hydroxylation sites is 1. The van der Waals surface area contributed by atoms with Crippen molar-refractivity contribution in [3.63, 3.8) is 0 Å². The number of aromatic nitrogens is 2. The van der Waals surface area contributed by atoms with E-state index < -0.39 is 0 Å². The first-order valence-electron chi connectivity index (χ1n) is 10.6. The maximum Gasteiger partial charge on any atom is 0.226 e. The maximum atomic E-state index is 12.3. The molecule has 0 aliphatic carbocycles. The van der Waals surface area contributed by atoms with Crippen molar-refractivity contribution >= 4 is 28.1 Å². The van der Waals surface area contributed by atoms with Crippen LogP contribution in [-0.4, -0.2) is 35.6 Å². The molecule has 2 heterocycles. The number of hydrogen-bond donors (Lipinski definition) is 1. The zero-order valence-electron chi connectivity index (χ0n) is 17.9. The minimum absolute atomic E-state index is 0.0413. The van der Waals surface area contributed by atoms with Gasteiger partial charge in [-0.05, 0) is 49.7 Å². The molecule has 0 saturated carbocycles. The number of hydrogen-bond acceptors (Lipinski definition) is 6. The Morgan fingerprint density at radius 1 is 1.06 bits per heavy atom. The van der Waals surface area contributed by atoms with Crippen molar-refractivity contribution in [1.29, 1.82) is 0 Å². The molecule has 0 spiro atoms. The van der Waals surface area contributed by atoms with Gasteiger partial charge in [-0.15, -0.1) is 11.3 Å². The number of benzene rings is 2. The van der Waals surface area contributed by atoms with Crippen molar-refractivity contribution in [2.45, 2.75) is 19.8 Å². The van der Waals surface area contributed by atoms with Crippen molar-refractivity contribution in [2.75, 3.05) is 19.8 Å². The van der Waals surface area contributed by atoms with Gasteiger partial charge in [0.25, 0.3) is 0 Å². The highest BCUT2D eigenvalue weighted by Gasteiger charge is 2.09. The van der Waals surface area contributed by atoms with E-state index in [-0.39, 0.29) is 12.3 Å². The Morgan fingerprint density at radius 2 is 1.91 bits per heavy atom. The molecule has 0 aliphatic rings. The quantitative estimate of drug-likeness (QED) is 0.351. The summed E-state index contributed by atoms with van der Waals surface area (Å²) in [6, 6.07) is 17.6. The standard InChI is InChI=1S/C25H25N3O3S/c1-2-30-21-11-9-19(10-12-21)25-28-20(17-32-25)16-23(29)26-14-5-15-31-22-8-3-6-18-7-4-13-27-24(18)22/h3-4,6-13,17H,2,5,14-16H2,1H3,(H,26,29). The van der Waals surface area contributed by atoms with Crippen LogP contribution in [0.15, 0.2) is 66.2 Å². The van der Waals surface area contributed by atoms with E-state index in [1.54, 1.807) is 6.20 Å². The monoisotopic (exact) mass is 447 g/mol.